The molecule has 0 bridgehead atoms. The highest BCUT2D eigenvalue weighted by Crippen LogP contribution is 2.23. The van der Waals surface area contributed by atoms with Gasteiger partial charge in [-0.25, -0.2) is 0 Å². The van der Waals surface area contributed by atoms with Crippen molar-refractivity contribution in [1.29, 1.82) is 0 Å². The lowest BCUT2D eigenvalue weighted by Crippen LogP contribution is -2.52. The first-order valence-electron chi connectivity index (χ1n) is 8.38. The molecule has 0 saturated carbocycles. The molecule has 1 aliphatic rings. The van der Waals surface area contributed by atoms with Crippen LogP contribution in [0.15, 0.2) is 22.5 Å². The zero-order valence-corrected chi connectivity index (χ0v) is 17.5. The van der Waals surface area contributed by atoms with E-state index in [0.29, 0.717) is 13.0 Å². The second-order valence-electron chi connectivity index (χ2n) is 5.73. The maximum atomic E-state index is 12.1. The summed E-state index contributed by atoms with van der Waals surface area (Å²) >= 11 is 1.74. The summed E-state index contributed by atoms with van der Waals surface area (Å²) < 4.78 is 36.4. The molecule has 2 rings (SSSR count). The van der Waals surface area contributed by atoms with Gasteiger partial charge in [0.25, 0.3) is 0 Å². The number of nitrogens with zero attached hydrogens (tertiary/aromatic N) is 3. The molecule has 144 valence electrons. The lowest BCUT2D eigenvalue weighted by molar-refractivity contribution is -0.135. The van der Waals surface area contributed by atoms with Crippen molar-refractivity contribution in [2.24, 2.45) is 4.99 Å². The van der Waals surface area contributed by atoms with E-state index in [1.54, 1.807) is 11.3 Å². The smallest absolute Gasteiger partial charge is 0.360 e. The van der Waals surface area contributed by atoms with Crippen LogP contribution >= 0.6 is 35.3 Å². The highest BCUT2D eigenvalue weighted by Gasteiger charge is 2.25. The SMILES string of the molecule is CCNC(=NCCCCC(F)(F)F)N1CCN(c2cccs2)CC1.I. The zero-order valence-electron chi connectivity index (χ0n) is 14.4. The van der Waals surface area contributed by atoms with Gasteiger partial charge in [0.05, 0.1) is 5.00 Å². The zero-order chi connectivity index (χ0) is 17.4. The molecule has 1 aromatic heterocycles. The van der Waals surface area contributed by atoms with Gasteiger partial charge in [-0.2, -0.15) is 13.2 Å². The Labute approximate surface area is 168 Å². The van der Waals surface area contributed by atoms with Crippen molar-refractivity contribution in [3.05, 3.63) is 17.5 Å². The average molecular weight is 490 g/mol. The number of nitrogens with one attached hydrogen (secondary N) is 1. The van der Waals surface area contributed by atoms with Gasteiger partial charge < -0.3 is 15.1 Å². The molecule has 4 nitrogen and oxygen atoms in total. The molecule has 2 heterocycles. The number of unbranched alkanes of at least 4 members (excludes halogenated alkanes) is 1. The highest BCUT2D eigenvalue weighted by molar-refractivity contribution is 14.0. The molecule has 0 aliphatic carbocycles. The quantitative estimate of drug-likeness (QED) is 0.281. The molecule has 9 heteroatoms. The Bertz CT molecular complexity index is 500. The Balaban J connectivity index is 0.00000312. The van der Waals surface area contributed by atoms with Crippen molar-refractivity contribution >= 4 is 46.3 Å². The standard InChI is InChI=1S/C16H25F3N4S.HI/c1-2-20-15(21-8-4-3-7-16(17,18)19)23-11-9-22(10-12-23)14-6-5-13-24-14;/h5-6,13H,2-4,7-12H2,1H3,(H,20,21);1H. The van der Waals surface area contributed by atoms with Gasteiger partial charge in [0, 0.05) is 45.7 Å². The Kier molecular flexibility index (Phi) is 9.91. The predicted molar refractivity (Wildman–Crippen MR) is 109 cm³/mol. The highest BCUT2D eigenvalue weighted by atomic mass is 127. The maximum absolute atomic E-state index is 12.1. The van der Waals surface area contributed by atoms with Crippen molar-refractivity contribution < 1.29 is 13.2 Å². The van der Waals surface area contributed by atoms with E-state index in [1.807, 2.05) is 6.92 Å². The van der Waals surface area contributed by atoms with E-state index < -0.39 is 12.6 Å². The maximum Gasteiger partial charge on any atom is 0.389 e. The first-order chi connectivity index (χ1) is 11.5. The van der Waals surface area contributed by atoms with Crippen LogP contribution in [-0.4, -0.2) is 56.3 Å². The number of piperazine rings is 1. The van der Waals surface area contributed by atoms with E-state index in [1.165, 1.54) is 5.00 Å². The van der Waals surface area contributed by atoms with E-state index in [-0.39, 0.29) is 30.4 Å². The van der Waals surface area contributed by atoms with Gasteiger partial charge in [-0.15, -0.1) is 35.3 Å². The van der Waals surface area contributed by atoms with Crippen molar-refractivity contribution in [3.8, 4) is 0 Å². The minimum absolute atomic E-state index is 0. The lowest BCUT2D eigenvalue weighted by atomic mass is 10.2. The Morgan fingerprint density at radius 1 is 1.24 bits per heavy atom. The molecule has 0 amide bonds. The molecule has 1 saturated heterocycles. The van der Waals surface area contributed by atoms with E-state index in [0.717, 1.165) is 38.7 Å². The molecule has 1 aromatic rings. The number of guanidine groups is 1. The van der Waals surface area contributed by atoms with Crippen LogP contribution in [0.2, 0.25) is 0 Å². The predicted octanol–water partition coefficient (Wildman–Crippen LogP) is 4.19. The van der Waals surface area contributed by atoms with Crippen molar-refractivity contribution in [3.63, 3.8) is 0 Å². The summed E-state index contributed by atoms with van der Waals surface area (Å²) in [4.78, 5) is 9.04. The molecule has 0 radical (unpaired) electrons. The van der Waals surface area contributed by atoms with Crippen LogP contribution in [0.5, 0.6) is 0 Å². The molecule has 0 spiro atoms. The number of aliphatic imine (C=N–C) groups is 1. The van der Waals surface area contributed by atoms with Crippen LogP contribution < -0.4 is 10.2 Å². The summed E-state index contributed by atoms with van der Waals surface area (Å²) in [5.41, 5.74) is 0. The van der Waals surface area contributed by atoms with Gasteiger partial charge in [0.2, 0.25) is 0 Å². The Morgan fingerprint density at radius 3 is 2.52 bits per heavy atom. The molecule has 1 aliphatic heterocycles. The van der Waals surface area contributed by atoms with E-state index in [9.17, 15) is 13.2 Å². The number of hydrogen-bond acceptors (Lipinski definition) is 3. The minimum atomic E-state index is -4.06. The Morgan fingerprint density at radius 2 is 1.96 bits per heavy atom. The van der Waals surface area contributed by atoms with E-state index in [4.69, 9.17) is 0 Å². The number of halogens is 4. The lowest BCUT2D eigenvalue weighted by Gasteiger charge is -2.37. The van der Waals surface area contributed by atoms with Crippen molar-refractivity contribution in [1.82, 2.24) is 10.2 Å². The third-order valence-electron chi connectivity index (χ3n) is 3.86. The van der Waals surface area contributed by atoms with Crippen LogP contribution in [0.25, 0.3) is 0 Å². The van der Waals surface area contributed by atoms with Gasteiger partial charge in [-0.3, -0.25) is 4.99 Å². The number of thiophene rings is 1. The average Bonchev–Trinajstić information content (AvgIpc) is 3.07. The monoisotopic (exact) mass is 490 g/mol. The summed E-state index contributed by atoms with van der Waals surface area (Å²) in [5.74, 6) is 0.815. The molecule has 0 aromatic carbocycles. The van der Waals surface area contributed by atoms with Gasteiger partial charge in [0.1, 0.15) is 0 Å². The number of anilines is 1. The fourth-order valence-electron chi connectivity index (χ4n) is 2.64. The summed E-state index contributed by atoms with van der Waals surface area (Å²) in [7, 11) is 0. The molecule has 1 N–H and O–H groups in total. The molecular weight excluding hydrogens is 464 g/mol. The Hall–Kier alpha value is -0.710. The summed E-state index contributed by atoms with van der Waals surface area (Å²) in [6.45, 7) is 6.79. The molecule has 0 unspecified atom stereocenters. The van der Waals surface area contributed by atoms with Crippen molar-refractivity contribution in [2.45, 2.75) is 32.4 Å². The summed E-state index contributed by atoms with van der Waals surface area (Å²) in [6.07, 6.45) is -4.19. The second-order valence-corrected chi connectivity index (χ2v) is 6.66. The van der Waals surface area contributed by atoms with Gasteiger partial charge in [-0.05, 0) is 37.3 Å². The van der Waals surface area contributed by atoms with Gasteiger partial charge >= 0.3 is 6.18 Å². The fourth-order valence-corrected chi connectivity index (χ4v) is 3.42. The fraction of sp³-hybridized carbons (Fsp3) is 0.688. The molecule has 25 heavy (non-hydrogen) atoms. The van der Waals surface area contributed by atoms with Crippen LogP contribution in [0.1, 0.15) is 26.2 Å². The van der Waals surface area contributed by atoms with Crippen LogP contribution in [0.3, 0.4) is 0 Å². The topological polar surface area (TPSA) is 30.9 Å². The first-order valence-corrected chi connectivity index (χ1v) is 9.26. The first kappa shape index (κ1) is 22.3. The summed E-state index contributed by atoms with van der Waals surface area (Å²) in [5, 5.41) is 6.61. The van der Waals surface area contributed by atoms with E-state index >= 15 is 0 Å². The number of hydrogen-bond donors (Lipinski definition) is 1. The van der Waals surface area contributed by atoms with E-state index in [2.05, 4.69) is 37.6 Å². The summed E-state index contributed by atoms with van der Waals surface area (Å²) in [6, 6.07) is 4.18. The number of rotatable bonds is 6. The molecule has 0 atom stereocenters. The van der Waals surface area contributed by atoms with Crippen molar-refractivity contribution in [2.75, 3.05) is 44.2 Å². The molecule has 1 fully saturated rings. The normalized spacial score (nSPS) is 15.9. The van der Waals surface area contributed by atoms with Gasteiger partial charge in [0.15, 0.2) is 5.96 Å². The van der Waals surface area contributed by atoms with Crippen LogP contribution in [-0.2, 0) is 0 Å². The second kappa shape index (κ2) is 11.1. The minimum Gasteiger partial charge on any atom is -0.360 e. The largest absolute Gasteiger partial charge is 0.389 e. The third kappa shape index (κ3) is 8.02. The number of alkyl halides is 3. The third-order valence-corrected chi connectivity index (χ3v) is 4.79. The van der Waals surface area contributed by atoms with Crippen LogP contribution in [0, 0.1) is 0 Å². The van der Waals surface area contributed by atoms with Gasteiger partial charge in [-0.1, -0.05) is 0 Å². The molecular formula is C16H26F3IN4S. The van der Waals surface area contributed by atoms with Crippen LogP contribution in [0.4, 0.5) is 18.2 Å².